The summed E-state index contributed by atoms with van der Waals surface area (Å²) < 4.78 is 0. The Morgan fingerprint density at radius 3 is 1.89 bits per heavy atom. The van der Waals surface area contributed by atoms with E-state index in [9.17, 15) is 0 Å². The van der Waals surface area contributed by atoms with E-state index < -0.39 is 0 Å². The zero-order valence-electron chi connectivity index (χ0n) is 12.7. The summed E-state index contributed by atoms with van der Waals surface area (Å²) in [6, 6.07) is 1.31. The van der Waals surface area contributed by atoms with Gasteiger partial charge in [0.05, 0.1) is 0 Å². The van der Waals surface area contributed by atoms with Gasteiger partial charge in [-0.05, 0) is 38.8 Å². The lowest BCUT2D eigenvalue weighted by atomic mass is 9.97. The largest absolute Gasteiger partial charge is 0.328 e. The normalized spacial score (nSPS) is 18.7. The molecule has 1 heterocycles. The first kappa shape index (κ1) is 16.0. The van der Waals surface area contributed by atoms with Crippen molar-refractivity contribution in [2.24, 2.45) is 5.73 Å². The average Bonchev–Trinajstić information content (AvgIpc) is 2.38. The Balaban J connectivity index is 2.32. The second-order valence-corrected chi connectivity index (χ2v) is 6.02. The molecule has 1 saturated heterocycles. The summed E-state index contributed by atoms with van der Waals surface area (Å²) >= 11 is 0. The van der Waals surface area contributed by atoms with Crippen LogP contribution in [-0.2, 0) is 0 Å². The van der Waals surface area contributed by atoms with Crippen LogP contribution in [0.25, 0.3) is 0 Å². The van der Waals surface area contributed by atoms with Crippen LogP contribution in [0.15, 0.2) is 0 Å². The van der Waals surface area contributed by atoms with Gasteiger partial charge < -0.3 is 10.6 Å². The van der Waals surface area contributed by atoms with E-state index >= 15 is 0 Å². The number of nitrogens with zero attached hydrogens (tertiary/aromatic N) is 1. The van der Waals surface area contributed by atoms with Crippen LogP contribution >= 0.6 is 0 Å². The molecule has 1 aliphatic rings. The molecule has 0 atom stereocenters. The molecule has 0 saturated carbocycles. The van der Waals surface area contributed by atoms with Crippen LogP contribution in [0.1, 0.15) is 78.1 Å². The van der Waals surface area contributed by atoms with Gasteiger partial charge in [-0.25, -0.2) is 0 Å². The Morgan fingerprint density at radius 1 is 0.944 bits per heavy atom. The molecule has 0 unspecified atom stereocenters. The molecule has 18 heavy (non-hydrogen) atoms. The van der Waals surface area contributed by atoms with E-state index in [1.54, 1.807) is 0 Å². The van der Waals surface area contributed by atoms with E-state index in [-0.39, 0.29) is 0 Å². The third-order valence-electron chi connectivity index (χ3n) is 4.37. The van der Waals surface area contributed by atoms with Gasteiger partial charge in [-0.2, -0.15) is 0 Å². The number of unbranched alkanes of at least 4 members (excludes halogenated alkanes) is 4. The van der Waals surface area contributed by atoms with Crippen LogP contribution in [-0.4, -0.2) is 30.1 Å². The summed E-state index contributed by atoms with van der Waals surface area (Å²) in [5.74, 6) is 0. The minimum absolute atomic E-state index is 0.466. The topological polar surface area (TPSA) is 29.3 Å². The van der Waals surface area contributed by atoms with Gasteiger partial charge in [-0.3, -0.25) is 0 Å². The summed E-state index contributed by atoms with van der Waals surface area (Å²) in [5.41, 5.74) is 6.01. The van der Waals surface area contributed by atoms with Crippen LogP contribution in [0.4, 0.5) is 0 Å². The van der Waals surface area contributed by atoms with Gasteiger partial charge in [-0.15, -0.1) is 0 Å². The minimum atomic E-state index is 0.466. The summed E-state index contributed by atoms with van der Waals surface area (Å²) in [6.07, 6.45) is 13.5. The fourth-order valence-corrected chi connectivity index (χ4v) is 3.05. The zero-order valence-corrected chi connectivity index (χ0v) is 12.7. The highest BCUT2D eigenvalue weighted by Crippen LogP contribution is 2.20. The maximum Gasteiger partial charge on any atom is 0.00952 e. The number of piperidine rings is 1. The lowest BCUT2D eigenvalue weighted by molar-refractivity contribution is 0.134. The molecule has 2 N–H and O–H groups in total. The molecule has 1 rings (SSSR count). The van der Waals surface area contributed by atoms with E-state index in [2.05, 4.69) is 18.7 Å². The van der Waals surface area contributed by atoms with Crippen LogP contribution < -0.4 is 5.73 Å². The van der Waals surface area contributed by atoms with Gasteiger partial charge in [-0.1, -0.05) is 52.4 Å². The molecule has 0 aromatic carbocycles. The summed E-state index contributed by atoms with van der Waals surface area (Å²) in [6.45, 7) is 7.08. The van der Waals surface area contributed by atoms with Crippen molar-refractivity contribution in [3.63, 3.8) is 0 Å². The van der Waals surface area contributed by atoms with Crippen molar-refractivity contribution in [3.05, 3.63) is 0 Å². The van der Waals surface area contributed by atoms with Crippen molar-refractivity contribution in [1.29, 1.82) is 0 Å². The first-order chi connectivity index (χ1) is 8.77. The molecule has 2 heteroatoms. The second kappa shape index (κ2) is 9.80. The molecule has 0 amide bonds. The Hall–Kier alpha value is -0.0800. The Labute approximate surface area is 114 Å². The third kappa shape index (κ3) is 6.19. The van der Waals surface area contributed by atoms with Crippen molar-refractivity contribution in [1.82, 2.24) is 4.90 Å². The molecule has 0 aromatic rings. The fraction of sp³-hybridized carbons (Fsp3) is 1.00. The SMILES string of the molecule is CCCCCC(CCCCC)N1CCC(N)CC1. The van der Waals surface area contributed by atoms with E-state index in [0.29, 0.717) is 6.04 Å². The molecular formula is C16H34N2. The van der Waals surface area contributed by atoms with Crippen molar-refractivity contribution in [2.75, 3.05) is 13.1 Å². The number of hydrogen-bond acceptors (Lipinski definition) is 2. The highest BCUT2D eigenvalue weighted by molar-refractivity contribution is 4.80. The Morgan fingerprint density at radius 2 is 1.44 bits per heavy atom. The van der Waals surface area contributed by atoms with Gasteiger partial charge in [0.15, 0.2) is 0 Å². The van der Waals surface area contributed by atoms with E-state index in [4.69, 9.17) is 5.73 Å². The minimum Gasteiger partial charge on any atom is -0.328 e. The number of hydrogen-bond donors (Lipinski definition) is 1. The highest BCUT2D eigenvalue weighted by atomic mass is 15.2. The standard InChI is InChI=1S/C16H34N2/c1-3-5-7-9-16(10-8-6-4-2)18-13-11-15(17)12-14-18/h15-16H,3-14,17H2,1-2H3. The number of nitrogens with two attached hydrogens (primary N) is 1. The molecule has 0 aromatic heterocycles. The van der Waals surface area contributed by atoms with Gasteiger partial charge in [0.25, 0.3) is 0 Å². The first-order valence-corrected chi connectivity index (χ1v) is 8.27. The predicted octanol–water partition coefficient (Wildman–Crippen LogP) is 3.94. The molecule has 0 aliphatic carbocycles. The van der Waals surface area contributed by atoms with Gasteiger partial charge in [0, 0.05) is 12.1 Å². The summed E-state index contributed by atoms with van der Waals surface area (Å²) in [7, 11) is 0. The third-order valence-corrected chi connectivity index (χ3v) is 4.37. The summed E-state index contributed by atoms with van der Waals surface area (Å²) in [4.78, 5) is 2.73. The molecular weight excluding hydrogens is 220 g/mol. The Bertz CT molecular complexity index is 176. The quantitative estimate of drug-likeness (QED) is 0.632. The molecule has 1 aliphatic heterocycles. The lowest BCUT2D eigenvalue weighted by Crippen LogP contribution is -2.45. The maximum atomic E-state index is 6.01. The smallest absolute Gasteiger partial charge is 0.00952 e. The number of rotatable bonds is 9. The molecule has 0 bridgehead atoms. The predicted molar refractivity (Wildman–Crippen MR) is 80.9 cm³/mol. The molecule has 0 radical (unpaired) electrons. The van der Waals surface area contributed by atoms with Crippen LogP contribution in [0, 0.1) is 0 Å². The Kier molecular flexibility index (Phi) is 8.70. The van der Waals surface area contributed by atoms with Crippen LogP contribution in [0.2, 0.25) is 0 Å². The summed E-state index contributed by atoms with van der Waals surface area (Å²) in [5, 5.41) is 0. The maximum absolute atomic E-state index is 6.01. The van der Waals surface area contributed by atoms with Crippen molar-refractivity contribution in [3.8, 4) is 0 Å². The van der Waals surface area contributed by atoms with Crippen LogP contribution in [0.5, 0.6) is 0 Å². The van der Waals surface area contributed by atoms with E-state index in [1.807, 2.05) is 0 Å². The van der Waals surface area contributed by atoms with Crippen molar-refractivity contribution in [2.45, 2.75) is 90.1 Å². The van der Waals surface area contributed by atoms with Gasteiger partial charge in [0.1, 0.15) is 0 Å². The zero-order chi connectivity index (χ0) is 13.2. The second-order valence-electron chi connectivity index (χ2n) is 6.02. The van der Waals surface area contributed by atoms with Crippen LogP contribution in [0.3, 0.4) is 0 Å². The monoisotopic (exact) mass is 254 g/mol. The first-order valence-electron chi connectivity index (χ1n) is 8.27. The molecule has 0 spiro atoms. The van der Waals surface area contributed by atoms with Gasteiger partial charge >= 0.3 is 0 Å². The van der Waals surface area contributed by atoms with Crippen molar-refractivity contribution >= 4 is 0 Å². The number of likely N-dealkylation sites (tertiary alicyclic amines) is 1. The van der Waals surface area contributed by atoms with E-state index in [1.165, 1.54) is 77.3 Å². The van der Waals surface area contributed by atoms with E-state index in [0.717, 1.165) is 6.04 Å². The molecule has 108 valence electrons. The fourth-order valence-electron chi connectivity index (χ4n) is 3.05. The van der Waals surface area contributed by atoms with Gasteiger partial charge in [0.2, 0.25) is 0 Å². The lowest BCUT2D eigenvalue weighted by Gasteiger charge is -2.37. The average molecular weight is 254 g/mol. The van der Waals surface area contributed by atoms with Crippen molar-refractivity contribution < 1.29 is 0 Å². The molecule has 2 nitrogen and oxygen atoms in total. The molecule has 1 fully saturated rings. The highest BCUT2D eigenvalue weighted by Gasteiger charge is 2.22.